The second-order valence-electron chi connectivity index (χ2n) is 4.33. The largest absolute Gasteiger partial charge is 0.502 e. The van der Waals surface area contributed by atoms with Crippen LogP contribution in [0.2, 0.25) is 5.02 Å². The SMILES string of the molecule is O=C(N/N=C\c1cc(Cl)cc([N+](=O)[O-])c1O)c1cccc(Br)c1. The number of carbonyl (C=O) groups excluding carboxylic acids is 1. The number of rotatable bonds is 4. The van der Waals surface area contributed by atoms with Crippen LogP contribution in [0.4, 0.5) is 5.69 Å². The topological polar surface area (TPSA) is 105 Å². The van der Waals surface area contributed by atoms with Crippen LogP contribution >= 0.6 is 27.5 Å². The minimum absolute atomic E-state index is 0.0127. The zero-order chi connectivity index (χ0) is 17.0. The second-order valence-corrected chi connectivity index (χ2v) is 5.68. The average molecular weight is 399 g/mol. The van der Waals surface area contributed by atoms with E-state index < -0.39 is 22.3 Å². The van der Waals surface area contributed by atoms with Crippen molar-refractivity contribution >= 4 is 45.3 Å². The van der Waals surface area contributed by atoms with Gasteiger partial charge in [0.05, 0.1) is 11.1 Å². The van der Waals surface area contributed by atoms with Gasteiger partial charge in [-0.2, -0.15) is 5.10 Å². The van der Waals surface area contributed by atoms with Crippen LogP contribution in [0.15, 0.2) is 46.0 Å². The molecule has 0 aliphatic heterocycles. The lowest BCUT2D eigenvalue weighted by Gasteiger charge is -2.02. The quantitative estimate of drug-likeness (QED) is 0.467. The van der Waals surface area contributed by atoms with Crippen molar-refractivity contribution in [1.82, 2.24) is 5.43 Å². The summed E-state index contributed by atoms with van der Waals surface area (Å²) in [5, 5.41) is 24.3. The monoisotopic (exact) mass is 397 g/mol. The number of phenolic OH excluding ortho intramolecular Hbond substituents is 1. The Balaban J connectivity index is 2.18. The van der Waals surface area contributed by atoms with Crippen LogP contribution in [0.5, 0.6) is 5.75 Å². The molecule has 2 N–H and O–H groups in total. The van der Waals surface area contributed by atoms with E-state index in [4.69, 9.17) is 11.6 Å². The van der Waals surface area contributed by atoms with Gasteiger partial charge in [0, 0.05) is 26.7 Å². The molecular formula is C14H9BrClN3O4. The molecule has 2 aromatic rings. The molecule has 9 heteroatoms. The summed E-state index contributed by atoms with van der Waals surface area (Å²) in [6, 6.07) is 8.97. The van der Waals surface area contributed by atoms with Crippen LogP contribution in [-0.2, 0) is 0 Å². The van der Waals surface area contributed by atoms with E-state index in [2.05, 4.69) is 26.5 Å². The third-order valence-corrected chi connectivity index (χ3v) is 3.45. The molecule has 0 aliphatic carbocycles. The molecule has 0 aliphatic rings. The third kappa shape index (κ3) is 4.27. The molecular weight excluding hydrogens is 390 g/mol. The van der Waals surface area contributed by atoms with Crippen molar-refractivity contribution in [3.8, 4) is 5.75 Å². The summed E-state index contributed by atoms with van der Waals surface area (Å²) >= 11 is 9.00. The number of aromatic hydroxyl groups is 1. The number of hydrazone groups is 1. The standard InChI is InChI=1S/C14H9BrClN3O4/c15-10-3-1-2-8(4-10)14(21)18-17-7-9-5-11(16)6-12(13(9)20)19(22)23/h1-7,20H,(H,18,21)/b17-7-. The van der Waals surface area contributed by atoms with Gasteiger partial charge >= 0.3 is 5.69 Å². The first-order chi connectivity index (χ1) is 10.9. The Hall–Kier alpha value is -2.45. The van der Waals surface area contributed by atoms with Crippen LogP contribution in [0, 0.1) is 10.1 Å². The van der Waals surface area contributed by atoms with Gasteiger partial charge in [-0.1, -0.05) is 33.6 Å². The number of halogens is 2. The number of phenols is 1. The number of nitrogens with one attached hydrogen (secondary N) is 1. The Labute approximate surface area is 143 Å². The second kappa shape index (κ2) is 7.21. The fraction of sp³-hybridized carbons (Fsp3) is 0. The van der Waals surface area contributed by atoms with E-state index in [1.54, 1.807) is 24.3 Å². The van der Waals surface area contributed by atoms with Crippen molar-refractivity contribution in [3.05, 3.63) is 67.1 Å². The molecule has 0 bridgehead atoms. The summed E-state index contributed by atoms with van der Waals surface area (Å²) in [5.74, 6) is -1.06. The number of nitrogens with zero attached hydrogens (tertiary/aromatic N) is 2. The van der Waals surface area contributed by atoms with Gasteiger partial charge in [-0.05, 0) is 24.3 Å². The van der Waals surface area contributed by atoms with Crippen LogP contribution < -0.4 is 5.43 Å². The lowest BCUT2D eigenvalue weighted by atomic mass is 10.2. The number of hydrogen-bond donors (Lipinski definition) is 2. The molecule has 0 aromatic heterocycles. The number of nitro groups is 1. The van der Waals surface area contributed by atoms with Gasteiger partial charge in [-0.3, -0.25) is 14.9 Å². The van der Waals surface area contributed by atoms with E-state index in [1.807, 2.05) is 0 Å². The maximum atomic E-state index is 11.9. The van der Waals surface area contributed by atoms with Crippen molar-refractivity contribution in [2.75, 3.05) is 0 Å². The zero-order valence-corrected chi connectivity index (χ0v) is 13.7. The number of hydrogen-bond acceptors (Lipinski definition) is 5. The fourth-order valence-corrected chi connectivity index (χ4v) is 2.32. The predicted octanol–water partition coefficient (Wildman–Crippen LogP) is 3.48. The smallest absolute Gasteiger partial charge is 0.312 e. The maximum Gasteiger partial charge on any atom is 0.312 e. The zero-order valence-electron chi connectivity index (χ0n) is 11.4. The molecule has 0 radical (unpaired) electrons. The van der Waals surface area contributed by atoms with Crippen molar-refractivity contribution in [1.29, 1.82) is 0 Å². The summed E-state index contributed by atoms with van der Waals surface area (Å²) in [7, 11) is 0. The lowest BCUT2D eigenvalue weighted by Crippen LogP contribution is -2.17. The summed E-state index contributed by atoms with van der Waals surface area (Å²) in [4.78, 5) is 21.9. The molecule has 7 nitrogen and oxygen atoms in total. The van der Waals surface area contributed by atoms with E-state index in [1.165, 1.54) is 6.07 Å². The molecule has 1 amide bonds. The Kier molecular flexibility index (Phi) is 5.30. The molecule has 23 heavy (non-hydrogen) atoms. The van der Waals surface area contributed by atoms with Gasteiger partial charge in [0.15, 0.2) is 0 Å². The average Bonchev–Trinajstić information content (AvgIpc) is 2.49. The molecule has 2 rings (SSSR count). The summed E-state index contributed by atoms with van der Waals surface area (Å²) in [6.07, 6.45) is 1.07. The number of carbonyl (C=O) groups is 1. The van der Waals surface area contributed by atoms with Crippen LogP contribution in [0.3, 0.4) is 0 Å². The highest BCUT2D eigenvalue weighted by atomic mass is 79.9. The minimum atomic E-state index is -0.765. The molecule has 0 heterocycles. The molecule has 0 unspecified atom stereocenters. The normalized spacial score (nSPS) is 10.7. The van der Waals surface area contributed by atoms with E-state index in [-0.39, 0.29) is 10.6 Å². The first-order valence-corrected chi connectivity index (χ1v) is 7.31. The van der Waals surface area contributed by atoms with E-state index in [0.29, 0.717) is 5.56 Å². The number of nitro benzene ring substituents is 1. The first-order valence-electron chi connectivity index (χ1n) is 6.14. The first kappa shape index (κ1) is 16.9. The van der Waals surface area contributed by atoms with Gasteiger partial charge in [0.25, 0.3) is 5.91 Å². The van der Waals surface area contributed by atoms with Crippen molar-refractivity contribution in [2.24, 2.45) is 5.10 Å². The van der Waals surface area contributed by atoms with Gasteiger partial charge < -0.3 is 5.11 Å². The van der Waals surface area contributed by atoms with Gasteiger partial charge in [-0.15, -0.1) is 0 Å². The molecule has 0 atom stereocenters. The molecule has 0 spiro atoms. The van der Waals surface area contributed by atoms with Gasteiger partial charge in [-0.25, -0.2) is 5.43 Å². The molecule has 0 fully saturated rings. The highest BCUT2D eigenvalue weighted by Gasteiger charge is 2.17. The summed E-state index contributed by atoms with van der Waals surface area (Å²) in [6.45, 7) is 0. The predicted molar refractivity (Wildman–Crippen MR) is 89.0 cm³/mol. The summed E-state index contributed by atoms with van der Waals surface area (Å²) < 4.78 is 0.734. The maximum absolute atomic E-state index is 11.9. The van der Waals surface area contributed by atoms with E-state index in [9.17, 15) is 20.0 Å². The molecule has 0 saturated carbocycles. The van der Waals surface area contributed by atoms with E-state index >= 15 is 0 Å². The van der Waals surface area contributed by atoms with Gasteiger partial charge in [0.1, 0.15) is 0 Å². The van der Waals surface area contributed by atoms with Crippen LogP contribution in [-0.4, -0.2) is 22.2 Å². The van der Waals surface area contributed by atoms with Crippen molar-refractivity contribution < 1.29 is 14.8 Å². The minimum Gasteiger partial charge on any atom is -0.502 e. The van der Waals surface area contributed by atoms with Crippen LogP contribution in [0.25, 0.3) is 0 Å². The Morgan fingerprint density at radius 3 is 2.78 bits per heavy atom. The van der Waals surface area contributed by atoms with Gasteiger partial charge in [0.2, 0.25) is 5.75 Å². The van der Waals surface area contributed by atoms with E-state index in [0.717, 1.165) is 16.8 Å². The molecule has 118 valence electrons. The fourth-order valence-electron chi connectivity index (χ4n) is 1.70. The third-order valence-electron chi connectivity index (χ3n) is 2.74. The molecule has 0 saturated heterocycles. The Morgan fingerprint density at radius 1 is 1.39 bits per heavy atom. The van der Waals surface area contributed by atoms with Crippen LogP contribution in [0.1, 0.15) is 15.9 Å². The number of benzene rings is 2. The Morgan fingerprint density at radius 2 is 2.13 bits per heavy atom. The Bertz CT molecular complexity index is 811. The summed E-state index contributed by atoms with van der Waals surface area (Å²) in [5.41, 5.74) is 2.10. The van der Waals surface area contributed by atoms with Crippen molar-refractivity contribution in [3.63, 3.8) is 0 Å². The van der Waals surface area contributed by atoms with Crippen molar-refractivity contribution in [2.45, 2.75) is 0 Å². The highest BCUT2D eigenvalue weighted by molar-refractivity contribution is 9.10. The number of amides is 1. The highest BCUT2D eigenvalue weighted by Crippen LogP contribution is 2.32. The lowest BCUT2D eigenvalue weighted by molar-refractivity contribution is -0.385. The molecule has 2 aromatic carbocycles.